The highest BCUT2D eigenvalue weighted by atomic mass is 19.1. The average molecular weight is 269 g/mol. The number of anilines is 1. The Morgan fingerprint density at radius 1 is 1.26 bits per heavy atom. The molecule has 1 N–H and O–H groups in total. The quantitative estimate of drug-likeness (QED) is 0.838. The van der Waals surface area contributed by atoms with Gasteiger partial charge in [-0.25, -0.2) is 14.0 Å². The molecule has 19 heavy (non-hydrogen) atoms. The standard InChI is InChI=1S/C13H16FNO4/c1-13(2,3)19-12(17)15-8-5-6-10(14)9(7-8)11(16)18-4/h5-7H,1-4H3,(H,15,17). The van der Waals surface area contributed by atoms with Crippen LogP contribution in [0.4, 0.5) is 14.9 Å². The molecule has 0 aliphatic carbocycles. The van der Waals surface area contributed by atoms with Crippen molar-refractivity contribution in [2.24, 2.45) is 0 Å². The van der Waals surface area contributed by atoms with Crippen molar-refractivity contribution in [1.29, 1.82) is 0 Å². The van der Waals surface area contributed by atoms with Gasteiger partial charge in [-0.05, 0) is 39.0 Å². The number of amides is 1. The van der Waals surface area contributed by atoms with Crippen LogP contribution in [0.1, 0.15) is 31.1 Å². The summed E-state index contributed by atoms with van der Waals surface area (Å²) in [6.45, 7) is 5.16. The van der Waals surface area contributed by atoms with Crippen LogP contribution in [0.3, 0.4) is 0 Å². The molecule has 1 rings (SSSR count). The first kappa shape index (κ1) is 14.9. The molecule has 104 valence electrons. The smallest absolute Gasteiger partial charge is 0.412 e. The maximum Gasteiger partial charge on any atom is 0.412 e. The van der Waals surface area contributed by atoms with E-state index in [1.165, 1.54) is 12.1 Å². The molecule has 0 aromatic heterocycles. The third-order valence-electron chi connectivity index (χ3n) is 2.02. The molecule has 1 amide bonds. The fraction of sp³-hybridized carbons (Fsp3) is 0.385. The molecule has 1 aromatic rings. The van der Waals surface area contributed by atoms with E-state index < -0.39 is 23.5 Å². The molecule has 0 aliphatic heterocycles. The number of carbonyl (C=O) groups excluding carboxylic acids is 2. The van der Waals surface area contributed by atoms with Gasteiger partial charge in [-0.2, -0.15) is 0 Å². The van der Waals surface area contributed by atoms with Gasteiger partial charge >= 0.3 is 12.1 Å². The summed E-state index contributed by atoms with van der Waals surface area (Å²) >= 11 is 0. The zero-order valence-corrected chi connectivity index (χ0v) is 11.2. The zero-order valence-electron chi connectivity index (χ0n) is 11.2. The second-order valence-electron chi connectivity index (χ2n) is 4.81. The van der Waals surface area contributed by atoms with E-state index in [9.17, 15) is 14.0 Å². The lowest BCUT2D eigenvalue weighted by atomic mass is 10.2. The molecule has 0 atom stereocenters. The largest absolute Gasteiger partial charge is 0.465 e. The van der Waals surface area contributed by atoms with Crippen LogP contribution in [0.2, 0.25) is 0 Å². The zero-order chi connectivity index (χ0) is 14.6. The van der Waals surface area contributed by atoms with E-state index in [2.05, 4.69) is 10.1 Å². The van der Waals surface area contributed by atoms with Gasteiger partial charge in [0.05, 0.1) is 12.7 Å². The summed E-state index contributed by atoms with van der Waals surface area (Å²) in [6.07, 6.45) is -0.685. The van der Waals surface area contributed by atoms with Crippen molar-refractivity contribution in [2.45, 2.75) is 26.4 Å². The Kier molecular flexibility index (Phi) is 4.47. The highest BCUT2D eigenvalue weighted by Gasteiger charge is 2.18. The second kappa shape index (κ2) is 5.69. The molecule has 0 fully saturated rings. The maximum atomic E-state index is 13.4. The number of hydrogen-bond acceptors (Lipinski definition) is 4. The molecule has 0 spiro atoms. The van der Waals surface area contributed by atoms with Crippen LogP contribution in [0.25, 0.3) is 0 Å². The summed E-state index contributed by atoms with van der Waals surface area (Å²) in [7, 11) is 1.15. The number of carbonyl (C=O) groups is 2. The number of nitrogens with one attached hydrogen (secondary N) is 1. The van der Waals surface area contributed by atoms with Crippen LogP contribution in [0.15, 0.2) is 18.2 Å². The van der Waals surface area contributed by atoms with Crippen molar-refractivity contribution in [3.63, 3.8) is 0 Å². The first-order valence-corrected chi connectivity index (χ1v) is 5.61. The van der Waals surface area contributed by atoms with Gasteiger partial charge in [0, 0.05) is 5.69 Å². The maximum absolute atomic E-state index is 13.4. The molecule has 0 saturated heterocycles. The predicted molar refractivity (Wildman–Crippen MR) is 67.6 cm³/mol. The Morgan fingerprint density at radius 3 is 2.42 bits per heavy atom. The van der Waals surface area contributed by atoms with Crippen molar-refractivity contribution < 1.29 is 23.5 Å². The van der Waals surface area contributed by atoms with E-state index in [0.717, 1.165) is 13.2 Å². The van der Waals surface area contributed by atoms with Crippen LogP contribution in [-0.2, 0) is 9.47 Å². The molecule has 0 radical (unpaired) electrons. The Hall–Kier alpha value is -2.11. The van der Waals surface area contributed by atoms with Crippen molar-refractivity contribution in [3.8, 4) is 0 Å². The van der Waals surface area contributed by atoms with Gasteiger partial charge < -0.3 is 9.47 Å². The van der Waals surface area contributed by atoms with Gasteiger partial charge in [0.1, 0.15) is 11.4 Å². The summed E-state index contributed by atoms with van der Waals surface area (Å²) in [4.78, 5) is 22.8. The van der Waals surface area contributed by atoms with E-state index in [-0.39, 0.29) is 11.3 Å². The van der Waals surface area contributed by atoms with Crippen LogP contribution >= 0.6 is 0 Å². The van der Waals surface area contributed by atoms with Crippen molar-refractivity contribution >= 4 is 17.7 Å². The monoisotopic (exact) mass is 269 g/mol. The van der Waals surface area contributed by atoms with E-state index in [0.29, 0.717) is 0 Å². The molecular weight excluding hydrogens is 253 g/mol. The molecule has 0 unspecified atom stereocenters. The molecule has 0 bridgehead atoms. The number of rotatable bonds is 2. The van der Waals surface area contributed by atoms with Crippen LogP contribution in [0, 0.1) is 5.82 Å². The Labute approximate surface area is 110 Å². The van der Waals surface area contributed by atoms with Gasteiger partial charge in [0.25, 0.3) is 0 Å². The van der Waals surface area contributed by atoms with Gasteiger partial charge in [-0.15, -0.1) is 0 Å². The van der Waals surface area contributed by atoms with Crippen molar-refractivity contribution in [3.05, 3.63) is 29.6 Å². The third-order valence-corrected chi connectivity index (χ3v) is 2.02. The molecule has 0 heterocycles. The lowest BCUT2D eigenvalue weighted by molar-refractivity contribution is 0.0591. The number of hydrogen-bond donors (Lipinski definition) is 1. The van der Waals surface area contributed by atoms with Crippen molar-refractivity contribution in [2.75, 3.05) is 12.4 Å². The highest BCUT2D eigenvalue weighted by Crippen LogP contribution is 2.17. The number of methoxy groups -OCH3 is 1. The summed E-state index contributed by atoms with van der Waals surface area (Å²) < 4.78 is 22.8. The predicted octanol–water partition coefficient (Wildman–Crippen LogP) is 2.96. The number of halogens is 1. The molecule has 5 nitrogen and oxygen atoms in total. The van der Waals surface area contributed by atoms with Crippen LogP contribution in [-0.4, -0.2) is 24.8 Å². The van der Waals surface area contributed by atoms with E-state index >= 15 is 0 Å². The van der Waals surface area contributed by atoms with E-state index in [1.54, 1.807) is 20.8 Å². The first-order chi connectivity index (χ1) is 8.73. The minimum absolute atomic E-state index is 0.246. The van der Waals surface area contributed by atoms with Crippen molar-refractivity contribution in [1.82, 2.24) is 0 Å². The molecule has 6 heteroatoms. The normalized spacial score (nSPS) is 10.8. The molecule has 1 aromatic carbocycles. The van der Waals surface area contributed by atoms with E-state index in [1.807, 2.05) is 0 Å². The van der Waals surface area contributed by atoms with Gasteiger partial charge in [0.2, 0.25) is 0 Å². The highest BCUT2D eigenvalue weighted by molar-refractivity contribution is 5.92. The fourth-order valence-electron chi connectivity index (χ4n) is 1.29. The molecule has 0 saturated carbocycles. The first-order valence-electron chi connectivity index (χ1n) is 5.61. The number of esters is 1. The van der Waals surface area contributed by atoms with Gasteiger partial charge in [-0.1, -0.05) is 0 Å². The molecule has 0 aliphatic rings. The Bertz CT molecular complexity index is 494. The minimum Gasteiger partial charge on any atom is -0.465 e. The lowest BCUT2D eigenvalue weighted by Crippen LogP contribution is -2.27. The minimum atomic E-state index is -0.815. The summed E-state index contributed by atoms with van der Waals surface area (Å²) in [5.41, 5.74) is -0.651. The van der Waals surface area contributed by atoms with Crippen LogP contribution < -0.4 is 5.32 Å². The summed E-state index contributed by atoms with van der Waals surface area (Å²) in [6, 6.07) is 3.58. The summed E-state index contributed by atoms with van der Waals surface area (Å²) in [5.74, 6) is -1.54. The Morgan fingerprint density at radius 2 is 1.89 bits per heavy atom. The topological polar surface area (TPSA) is 64.6 Å². The van der Waals surface area contributed by atoms with Gasteiger partial charge in [0.15, 0.2) is 0 Å². The number of benzene rings is 1. The Balaban J connectivity index is 2.86. The number of ether oxygens (including phenoxy) is 2. The third kappa shape index (κ3) is 4.57. The lowest BCUT2D eigenvalue weighted by Gasteiger charge is -2.19. The second-order valence-corrected chi connectivity index (χ2v) is 4.81. The van der Waals surface area contributed by atoms with Gasteiger partial charge in [-0.3, -0.25) is 5.32 Å². The SMILES string of the molecule is COC(=O)c1cc(NC(=O)OC(C)(C)C)ccc1F. The average Bonchev–Trinajstić information content (AvgIpc) is 2.28. The molecular formula is C13H16FNO4. The fourth-order valence-corrected chi connectivity index (χ4v) is 1.29. The summed E-state index contributed by atoms with van der Waals surface area (Å²) in [5, 5.41) is 2.41. The van der Waals surface area contributed by atoms with E-state index in [4.69, 9.17) is 4.74 Å². The van der Waals surface area contributed by atoms with Crippen LogP contribution in [0.5, 0.6) is 0 Å².